The van der Waals surface area contributed by atoms with Gasteiger partial charge in [-0.25, -0.2) is 17.5 Å². The largest absolute Gasteiger partial charge is 0.508 e. The summed E-state index contributed by atoms with van der Waals surface area (Å²) in [6, 6.07) is 12.4. The van der Waals surface area contributed by atoms with E-state index < -0.39 is 15.8 Å². The molecule has 2 aromatic rings. The van der Waals surface area contributed by atoms with Crippen molar-refractivity contribution in [2.75, 3.05) is 6.54 Å². The minimum atomic E-state index is -3.59. The number of sulfonamides is 1. The molecule has 0 aliphatic carbocycles. The lowest BCUT2D eigenvalue weighted by molar-refractivity contribution is 0.474. The molecule has 0 heterocycles. The van der Waals surface area contributed by atoms with Crippen LogP contribution in [0.2, 0.25) is 0 Å². The van der Waals surface area contributed by atoms with Gasteiger partial charge in [-0.1, -0.05) is 30.3 Å². The molecule has 0 fully saturated rings. The second kappa shape index (κ2) is 6.69. The van der Waals surface area contributed by atoms with E-state index in [0.29, 0.717) is 6.42 Å². The van der Waals surface area contributed by atoms with Crippen molar-refractivity contribution in [3.8, 4) is 5.75 Å². The van der Waals surface area contributed by atoms with Gasteiger partial charge in [-0.3, -0.25) is 0 Å². The summed E-state index contributed by atoms with van der Waals surface area (Å²) >= 11 is 0. The molecule has 0 atom stereocenters. The molecule has 0 amide bonds. The maximum Gasteiger partial charge on any atom is 0.215 e. The van der Waals surface area contributed by atoms with Gasteiger partial charge in [0, 0.05) is 12.1 Å². The quantitative estimate of drug-likeness (QED) is 0.859. The van der Waals surface area contributed by atoms with E-state index >= 15 is 0 Å². The van der Waals surface area contributed by atoms with Crippen molar-refractivity contribution < 1.29 is 17.9 Å². The third-order valence-electron chi connectivity index (χ3n) is 2.95. The van der Waals surface area contributed by atoms with Crippen molar-refractivity contribution in [2.45, 2.75) is 12.2 Å². The third kappa shape index (κ3) is 4.84. The van der Waals surface area contributed by atoms with Crippen LogP contribution >= 0.6 is 0 Å². The highest BCUT2D eigenvalue weighted by molar-refractivity contribution is 7.88. The van der Waals surface area contributed by atoms with Crippen LogP contribution in [0.15, 0.2) is 48.5 Å². The maximum absolute atomic E-state index is 13.4. The van der Waals surface area contributed by atoms with Crippen LogP contribution in [0.3, 0.4) is 0 Å². The minimum absolute atomic E-state index is 0.140. The van der Waals surface area contributed by atoms with Crippen LogP contribution in [0, 0.1) is 5.82 Å². The number of aromatic hydroxyl groups is 1. The van der Waals surface area contributed by atoms with E-state index in [2.05, 4.69) is 4.72 Å². The zero-order chi connectivity index (χ0) is 15.3. The molecular formula is C15H16FNO3S. The number of nitrogens with one attached hydrogen (secondary N) is 1. The van der Waals surface area contributed by atoms with Crippen LogP contribution in [0.25, 0.3) is 0 Å². The molecule has 2 aromatic carbocycles. The summed E-state index contributed by atoms with van der Waals surface area (Å²) in [5, 5.41) is 9.32. The molecule has 0 radical (unpaired) electrons. The van der Waals surface area contributed by atoms with E-state index in [-0.39, 0.29) is 23.6 Å². The van der Waals surface area contributed by atoms with E-state index in [9.17, 15) is 17.9 Å². The first-order valence-electron chi connectivity index (χ1n) is 6.45. The van der Waals surface area contributed by atoms with Gasteiger partial charge in [0.1, 0.15) is 11.6 Å². The summed E-state index contributed by atoms with van der Waals surface area (Å²) in [5.41, 5.74) is 0.964. The molecule has 4 nitrogen and oxygen atoms in total. The second-order valence-electron chi connectivity index (χ2n) is 4.66. The first-order chi connectivity index (χ1) is 9.96. The van der Waals surface area contributed by atoms with E-state index in [4.69, 9.17) is 0 Å². The second-order valence-corrected chi connectivity index (χ2v) is 6.47. The number of benzene rings is 2. The smallest absolute Gasteiger partial charge is 0.215 e. The van der Waals surface area contributed by atoms with Crippen molar-refractivity contribution in [3.63, 3.8) is 0 Å². The summed E-state index contributed by atoms with van der Waals surface area (Å²) in [7, 11) is -3.59. The Morgan fingerprint density at radius 1 is 1.10 bits per heavy atom. The lowest BCUT2D eigenvalue weighted by Gasteiger charge is -2.08. The van der Waals surface area contributed by atoms with Crippen molar-refractivity contribution in [1.29, 1.82) is 0 Å². The Balaban J connectivity index is 1.91. The van der Waals surface area contributed by atoms with Crippen LogP contribution in [0.5, 0.6) is 5.75 Å². The summed E-state index contributed by atoms with van der Waals surface area (Å²) in [5.74, 6) is -0.780. The first kappa shape index (κ1) is 15.5. The maximum atomic E-state index is 13.4. The Morgan fingerprint density at radius 3 is 2.57 bits per heavy atom. The van der Waals surface area contributed by atoms with Crippen LogP contribution in [0.1, 0.15) is 11.1 Å². The van der Waals surface area contributed by atoms with Crippen LogP contribution in [0.4, 0.5) is 4.39 Å². The van der Waals surface area contributed by atoms with Gasteiger partial charge in [-0.2, -0.15) is 0 Å². The molecule has 21 heavy (non-hydrogen) atoms. The number of hydrogen-bond donors (Lipinski definition) is 2. The Bertz CT molecular complexity index is 716. The lowest BCUT2D eigenvalue weighted by atomic mass is 10.1. The SMILES string of the molecule is O=S(=O)(Cc1ccccc1F)NCCc1cccc(O)c1. The minimum Gasteiger partial charge on any atom is -0.508 e. The highest BCUT2D eigenvalue weighted by Crippen LogP contribution is 2.12. The molecule has 112 valence electrons. The molecule has 0 bridgehead atoms. The normalized spacial score (nSPS) is 11.5. The molecule has 0 saturated carbocycles. The van der Waals surface area contributed by atoms with Crippen molar-refractivity contribution in [1.82, 2.24) is 4.72 Å². The monoisotopic (exact) mass is 309 g/mol. The Kier molecular flexibility index (Phi) is 4.93. The highest BCUT2D eigenvalue weighted by Gasteiger charge is 2.13. The number of phenolic OH excluding ortho intramolecular Hbond substituents is 1. The predicted octanol–water partition coefficient (Wildman–Crippen LogP) is 2.19. The fourth-order valence-electron chi connectivity index (χ4n) is 1.93. The lowest BCUT2D eigenvalue weighted by Crippen LogP contribution is -2.27. The molecule has 2 rings (SSSR count). The zero-order valence-electron chi connectivity index (χ0n) is 11.3. The van der Waals surface area contributed by atoms with Crippen LogP contribution < -0.4 is 4.72 Å². The third-order valence-corrected chi connectivity index (χ3v) is 4.28. The van der Waals surface area contributed by atoms with Crippen molar-refractivity contribution in [2.24, 2.45) is 0 Å². The van der Waals surface area contributed by atoms with Gasteiger partial charge in [0.15, 0.2) is 0 Å². The van der Waals surface area contributed by atoms with E-state index in [1.54, 1.807) is 30.3 Å². The summed E-state index contributed by atoms with van der Waals surface area (Å²) in [4.78, 5) is 0. The molecule has 0 saturated heterocycles. The van der Waals surface area contributed by atoms with E-state index in [1.165, 1.54) is 18.2 Å². The van der Waals surface area contributed by atoms with Gasteiger partial charge < -0.3 is 5.11 Å². The first-order valence-corrected chi connectivity index (χ1v) is 8.10. The summed E-state index contributed by atoms with van der Waals surface area (Å²) in [6.45, 7) is 0.195. The van der Waals surface area contributed by atoms with Gasteiger partial charge in [0.2, 0.25) is 10.0 Å². The average molecular weight is 309 g/mol. The van der Waals surface area contributed by atoms with E-state index in [0.717, 1.165) is 5.56 Å². The summed E-state index contributed by atoms with van der Waals surface area (Å²) in [6.07, 6.45) is 0.449. The fraction of sp³-hybridized carbons (Fsp3) is 0.200. The average Bonchev–Trinajstić information content (AvgIpc) is 2.41. The van der Waals surface area contributed by atoms with Crippen molar-refractivity contribution in [3.05, 3.63) is 65.5 Å². The van der Waals surface area contributed by atoms with E-state index in [1.807, 2.05) is 0 Å². The molecule has 0 aromatic heterocycles. The number of halogens is 1. The van der Waals surface area contributed by atoms with Gasteiger partial charge in [0.25, 0.3) is 0 Å². The van der Waals surface area contributed by atoms with Gasteiger partial charge in [0.05, 0.1) is 5.75 Å². The fourth-order valence-corrected chi connectivity index (χ4v) is 3.09. The predicted molar refractivity (Wildman–Crippen MR) is 78.8 cm³/mol. The molecule has 6 heteroatoms. The zero-order valence-corrected chi connectivity index (χ0v) is 12.1. The van der Waals surface area contributed by atoms with Crippen LogP contribution in [-0.2, 0) is 22.2 Å². The van der Waals surface area contributed by atoms with Gasteiger partial charge in [-0.05, 0) is 30.2 Å². The number of phenols is 1. The van der Waals surface area contributed by atoms with Gasteiger partial charge in [-0.15, -0.1) is 0 Å². The highest BCUT2D eigenvalue weighted by atomic mass is 32.2. The number of hydrogen-bond acceptors (Lipinski definition) is 3. The van der Waals surface area contributed by atoms with Crippen molar-refractivity contribution >= 4 is 10.0 Å². The Labute approximate surface area is 123 Å². The number of rotatable bonds is 6. The molecule has 0 aliphatic rings. The topological polar surface area (TPSA) is 66.4 Å². The molecular weight excluding hydrogens is 293 g/mol. The Morgan fingerprint density at radius 2 is 1.86 bits per heavy atom. The molecule has 0 spiro atoms. The Hall–Kier alpha value is -1.92. The molecule has 2 N–H and O–H groups in total. The van der Waals surface area contributed by atoms with Crippen LogP contribution in [-0.4, -0.2) is 20.1 Å². The summed E-state index contributed by atoms with van der Waals surface area (Å²) < 4.78 is 39.6. The molecule has 0 unspecified atom stereocenters. The van der Waals surface area contributed by atoms with Gasteiger partial charge >= 0.3 is 0 Å². The standard InChI is InChI=1S/C15H16FNO3S/c16-15-7-2-1-5-13(15)11-21(19,20)17-9-8-12-4-3-6-14(18)10-12/h1-7,10,17-18H,8-9,11H2. The molecule has 0 aliphatic heterocycles.